The molecule has 0 N–H and O–H groups in total. The molecule has 148 valence electrons. The zero-order valence-corrected chi connectivity index (χ0v) is 15.7. The number of tetrazole rings is 1. The number of fused-ring (bicyclic) bond motifs is 3. The molecule has 0 aliphatic rings. The molecule has 0 saturated heterocycles. The van der Waals surface area contributed by atoms with E-state index in [1.54, 1.807) is 54.6 Å². The summed E-state index contributed by atoms with van der Waals surface area (Å²) in [5.74, 6) is 0.255. The Labute approximate surface area is 172 Å². The molecule has 3 aromatic heterocycles. The molecule has 0 spiro atoms. The highest BCUT2D eigenvalue weighted by molar-refractivity contribution is 6.30. The van der Waals surface area contributed by atoms with Crippen LogP contribution in [0.15, 0.2) is 60.7 Å². The zero-order valence-electron chi connectivity index (χ0n) is 15.0. The molecular formula is C20H10ClF3N6. The van der Waals surface area contributed by atoms with E-state index in [1.165, 1.54) is 4.52 Å². The lowest BCUT2D eigenvalue weighted by molar-refractivity contribution is -0.136. The van der Waals surface area contributed by atoms with Crippen LogP contribution in [0.3, 0.4) is 0 Å². The Morgan fingerprint density at radius 1 is 0.867 bits per heavy atom. The average molecular weight is 427 g/mol. The van der Waals surface area contributed by atoms with Crippen molar-refractivity contribution in [3.05, 3.63) is 71.2 Å². The first-order valence-electron chi connectivity index (χ1n) is 8.73. The van der Waals surface area contributed by atoms with Crippen LogP contribution in [0.5, 0.6) is 0 Å². The SMILES string of the molecule is FC(F)(F)c1cc(-c2ccccc2)nc2nc(-c3ccc(Cl)cc3)n3nnnc3c12. The van der Waals surface area contributed by atoms with Gasteiger partial charge in [0.2, 0.25) is 0 Å². The van der Waals surface area contributed by atoms with Crippen LogP contribution in [0.1, 0.15) is 5.56 Å². The normalized spacial score (nSPS) is 12.0. The van der Waals surface area contributed by atoms with E-state index in [-0.39, 0.29) is 28.2 Å². The van der Waals surface area contributed by atoms with Gasteiger partial charge in [0.25, 0.3) is 0 Å². The second-order valence-electron chi connectivity index (χ2n) is 6.47. The molecule has 10 heteroatoms. The van der Waals surface area contributed by atoms with Crippen LogP contribution in [0.4, 0.5) is 13.2 Å². The topological polar surface area (TPSA) is 68.9 Å². The lowest BCUT2D eigenvalue weighted by Crippen LogP contribution is -2.10. The van der Waals surface area contributed by atoms with Crippen LogP contribution in [0.25, 0.3) is 39.3 Å². The monoisotopic (exact) mass is 426 g/mol. The molecule has 0 fully saturated rings. The van der Waals surface area contributed by atoms with Gasteiger partial charge in [-0.1, -0.05) is 41.9 Å². The third-order valence-electron chi connectivity index (χ3n) is 4.58. The molecule has 0 radical (unpaired) electrons. The highest BCUT2D eigenvalue weighted by Gasteiger charge is 2.36. The molecular weight excluding hydrogens is 417 g/mol. The van der Waals surface area contributed by atoms with Crippen molar-refractivity contribution in [2.24, 2.45) is 0 Å². The van der Waals surface area contributed by atoms with Crippen LogP contribution in [-0.4, -0.2) is 30.0 Å². The first-order valence-corrected chi connectivity index (χ1v) is 9.11. The fourth-order valence-electron chi connectivity index (χ4n) is 3.23. The summed E-state index contributed by atoms with van der Waals surface area (Å²) in [6, 6.07) is 16.3. The largest absolute Gasteiger partial charge is 0.417 e. The second-order valence-corrected chi connectivity index (χ2v) is 6.91. The Balaban J connectivity index is 1.89. The average Bonchev–Trinajstić information content (AvgIpc) is 3.23. The number of halogens is 4. The van der Waals surface area contributed by atoms with E-state index >= 15 is 0 Å². The van der Waals surface area contributed by atoms with Gasteiger partial charge >= 0.3 is 6.18 Å². The number of nitrogens with zero attached hydrogens (tertiary/aromatic N) is 6. The Morgan fingerprint density at radius 2 is 1.60 bits per heavy atom. The predicted molar refractivity (Wildman–Crippen MR) is 105 cm³/mol. The fraction of sp³-hybridized carbons (Fsp3) is 0.0500. The van der Waals surface area contributed by atoms with Crippen molar-refractivity contribution in [2.75, 3.05) is 0 Å². The molecule has 6 nitrogen and oxygen atoms in total. The van der Waals surface area contributed by atoms with Gasteiger partial charge in [0.15, 0.2) is 17.1 Å². The van der Waals surface area contributed by atoms with Crippen molar-refractivity contribution < 1.29 is 13.2 Å². The van der Waals surface area contributed by atoms with Crippen LogP contribution in [0.2, 0.25) is 5.02 Å². The maximum atomic E-state index is 14.0. The third-order valence-corrected chi connectivity index (χ3v) is 4.84. The highest BCUT2D eigenvalue weighted by atomic mass is 35.5. The first-order chi connectivity index (χ1) is 14.4. The minimum Gasteiger partial charge on any atom is -0.228 e. The molecule has 0 saturated carbocycles. The Morgan fingerprint density at radius 3 is 2.30 bits per heavy atom. The minimum atomic E-state index is -4.65. The van der Waals surface area contributed by atoms with Crippen molar-refractivity contribution in [2.45, 2.75) is 6.18 Å². The van der Waals surface area contributed by atoms with Crippen molar-refractivity contribution >= 4 is 28.3 Å². The summed E-state index contributed by atoms with van der Waals surface area (Å²) in [6.07, 6.45) is -4.65. The summed E-state index contributed by atoms with van der Waals surface area (Å²) < 4.78 is 43.1. The number of hydrogen-bond donors (Lipinski definition) is 0. The number of hydrogen-bond acceptors (Lipinski definition) is 5. The second kappa shape index (κ2) is 6.74. The van der Waals surface area contributed by atoms with Crippen molar-refractivity contribution in [3.8, 4) is 22.6 Å². The van der Waals surface area contributed by atoms with Crippen molar-refractivity contribution in [1.82, 2.24) is 30.0 Å². The van der Waals surface area contributed by atoms with E-state index < -0.39 is 11.7 Å². The lowest BCUT2D eigenvalue weighted by Gasteiger charge is -2.14. The molecule has 2 aromatic carbocycles. The van der Waals surface area contributed by atoms with Crippen LogP contribution in [0, 0.1) is 0 Å². The minimum absolute atomic E-state index is 0.0793. The van der Waals surface area contributed by atoms with E-state index in [0.717, 1.165) is 6.07 Å². The lowest BCUT2D eigenvalue weighted by atomic mass is 10.1. The molecule has 0 aliphatic carbocycles. The summed E-state index contributed by atoms with van der Waals surface area (Å²) in [5.41, 5.74) is 0.196. The number of aromatic nitrogens is 6. The van der Waals surface area contributed by atoms with Crippen molar-refractivity contribution in [1.29, 1.82) is 0 Å². The summed E-state index contributed by atoms with van der Waals surface area (Å²) >= 11 is 5.95. The molecule has 3 heterocycles. The van der Waals surface area contributed by atoms with Gasteiger partial charge in [-0.2, -0.15) is 17.7 Å². The molecule has 0 amide bonds. The first kappa shape index (κ1) is 18.4. The van der Waals surface area contributed by atoms with Gasteiger partial charge < -0.3 is 0 Å². The predicted octanol–water partition coefficient (Wildman–Crippen LogP) is 5.07. The molecule has 0 bridgehead atoms. The van der Waals surface area contributed by atoms with Gasteiger partial charge in [-0.15, -0.1) is 5.10 Å². The van der Waals surface area contributed by atoms with Gasteiger partial charge in [-0.25, -0.2) is 9.97 Å². The highest BCUT2D eigenvalue weighted by Crippen LogP contribution is 2.38. The van der Waals surface area contributed by atoms with E-state index in [4.69, 9.17) is 11.6 Å². The van der Waals surface area contributed by atoms with E-state index in [9.17, 15) is 13.2 Å². The quantitative estimate of drug-likeness (QED) is 0.394. The van der Waals surface area contributed by atoms with Gasteiger partial charge in [0.05, 0.1) is 16.6 Å². The van der Waals surface area contributed by atoms with Crippen LogP contribution >= 0.6 is 11.6 Å². The Hall–Kier alpha value is -3.59. The maximum absolute atomic E-state index is 14.0. The molecule has 0 aliphatic heterocycles. The molecule has 0 unspecified atom stereocenters. The standard InChI is InChI=1S/C20H10ClF3N6/c21-13-8-6-12(7-9-13)18-26-17-16(19-27-28-29-30(18)19)14(20(22,23)24)10-15(25-17)11-4-2-1-3-5-11/h1-10H. The fourth-order valence-corrected chi connectivity index (χ4v) is 3.36. The van der Waals surface area contributed by atoms with Gasteiger partial charge in [-0.05, 0) is 40.8 Å². The molecule has 0 atom stereocenters. The van der Waals surface area contributed by atoms with Gasteiger partial charge in [-0.3, -0.25) is 0 Å². The zero-order chi connectivity index (χ0) is 20.9. The Kier molecular flexibility index (Phi) is 4.14. The van der Waals surface area contributed by atoms with E-state index in [1.807, 2.05) is 0 Å². The summed E-state index contributed by atoms with van der Waals surface area (Å²) in [7, 11) is 0. The molecule has 5 aromatic rings. The Bertz CT molecular complexity index is 1380. The van der Waals surface area contributed by atoms with Gasteiger partial charge in [0.1, 0.15) is 0 Å². The number of benzene rings is 2. The molecule has 5 rings (SSSR count). The van der Waals surface area contributed by atoms with E-state index in [0.29, 0.717) is 16.1 Å². The number of alkyl halides is 3. The van der Waals surface area contributed by atoms with E-state index in [2.05, 4.69) is 25.5 Å². The smallest absolute Gasteiger partial charge is 0.228 e. The summed E-state index contributed by atoms with van der Waals surface area (Å²) in [6.45, 7) is 0. The number of rotatable bonds is 2. The summed E-state index contributed by atoms with van der Waals surface area (Å²) in [5, 5.41) is 11.5. The molecule has 30 heavy (non-hydrogen) atoms. The maximum Gasteiger partial charge on any atom is 0.417 e. The van der Waals surface area contributed by atoms with Crippen LogP contribution < -0.4 is 0 Å². The third kappa shape index (κ3) is 3.03. The van der Waals surface area contributed by atoms with Gasteiger partial charge in [0, 0.05) is 16.1 Å². The number of pyridine rings is 1. The van der Waals surface area contributed by atoms with Crippen LogP contribution in [-0.2, 0) is 6.18 Å². The summed E-state index contributed by atoms with van der Waals surface area (Å²) in [4.78, 5) is 8.81. The van der Waals surface area contributed by atoms with Crippen molar-refractivity contribution in [3.63, 3.8) is 0 Å².